The molecule has 0 radical (unpaired) electrons. The lowest BCUT2D eigenvalue weighted by Crippen LogP contribution is -2.27. The van der Waals surface area contributed by atoms with Crippen LogP contribution < -0.4 is 10.6 Å². The fourth-order valence-corrected chi connectivity index (χ4v) is 3.40. The van der Waals surface area contributed by atoms with E-state index in [4.69, 9.17) is 23.2 Å². The lowest BCUT2D eigenvalue weighted by Gasteiger charge is -2.17. The van der Waals surface area contributed by atoms with Crippen LogP contribution >= 0.6 is 23.2 Å². The molecule has 1 fully saturated rings. The summed E-state index contributed by atoms with van der Waals surface area (Å²) < 4.78 is 0. The molecule has 0 bridgehead atoms. The van der Waals surface area contributed by atoms with Gasteiger partial charge in [-0.25, -0.2) is 0 Å². The number of hydrogen-bond donors (Lipinski definition) is 2. The zero-order chi connectivity index (χ0) is 19.4. The van der Waals surface area contributed by atoms with Gasteiger partial charge in [-0.2, -0.15) is 0 Å². The Bertz CT molecular complexity index is 864. The number of halogens is 2. The molecular weight excluding hydrogens is 385 g/mol. The van der Waals surface area contributed by atoms with Gasteiger partial charge in [0, 0.05) is 29.4 Å². The predicted octanol–water partition coefficient (Wildman–Crippen LogP) is 4.59. The molecule has 0 unspecified atom stereocenters. The van der Waals surface area contributed by atoms with Crippen molar-refractivity contribution in [2.24, 2.45) is 0 Å². The highest BCUT2D eigenvalue weighted by Gasteiger charge is 2.19. The molecule has 1 aliphatic rings. The number of benzene rings is 2. The second-order valence-corrected chi connectivity index (χ2v) is 7.40. The van der Waals surface area contributed by atoms with Crippen molar-refractivity contribution in [3.63, 3.8) is 0 Å². The highest BCUT2D eigenvalue weighted by Crippen LogP contribution is 2.25. The molecule has 2 aromatic carbocycles. The SMILES string of the molecule is Cc1cc(C(=O)N2CCCC2)ccc1NCC(=O)Nc1cc(Cl)ccc1Cl. The van der Waals surface area contributed by atoms with Crippen molar-refractivity contribution in [2.75, 3.05) is 30.3 Å². The van der Waals surface area contributed by atoms with E-state index in [0.29, 0.717) is 21.3 Å². The third kappa shape index (κ3) is 4.93. The molecule has 0 saturated carbocycles. The quantitative estimate of drug-likeness (QED) is 0.764. The smallest absolute Gasteiger partial charge is 0.253 e. The Balaban J connectivity index is 1.59. The number of nitrogens with one attached hydrogen (secondary N) is 2. The van der Waals surface area contributed by atoms with Crippen molar-refractivity contribution < 1.29 is 9.59 Å². The lowest BCUT2D eigenvalue weighted by atomic mass is 10.1. The summed E-state index contributed by atoms with van der Waals surface area (Å²) in [7, 11) is 0. The van der Waals surface area contributed by atoms with E-state index in [0.717, 1.165) is 37.2 Å². The van der Waals surface area contributed by atoms with E-state index in [1.54, 1.807) is 24.3 Å². The van der Waals surface area contributed by atoms with Crippen LogP contribution in [0.25, 0.3) is 0 Å². The topological polar surface area (TPSA) is 61.4 Å². The number of amides is 2. The van der Waals surface area contributed by atoms with Gasteiger partial charge in [0.2, 0.25) is 5.91 Å². The van der Waals surface area contributed by atoms with E-state index in [-0.39, 0.29) is 18.4 Å². The number of carbonyl (C=O) groups is 2. The second kappa shape index (κ2) is 8.63. The number of rotatable bonds is 5. The maximum absolute atomic E-state index is 12.5. The first-order valence-electron chi connectivity index (χ1n) is 8.83. The largest absolute Gasteiger partial charge is 0.376 e. The number of nitrogens with zero attached hydrogens (tertiary/aromatic N) is 1. The van der Waals surface area contributed by atoms with E-state index >= 15 is 0 Å². The summed E-state index contributed by atoms with van der Waals surface area (Å²) in [6.07, 6.45) is 2.13. The van der Waals surface area contributed by atoms with Crippen LogP contribution in [0.2, 0.25) is 10.0 Å². The zero-order valence-corrected chi connectivity index (χ0v) is 16.5. The van der Waals surface area contributed by atoms with Gasteiger partial charge in [0.15, 0.2) is 0 Å². The zero-order valence-electron chi connectivity index (χ0n) is 15.0. The first-order valence-corrected chi connectivity index (χ1v) is 9.58. The first kappa shape index (κ1) is 19.5. The number of aryl methyl sites for hydroxylation is 1. The minimum absolute atomic E-state index is 0.0653. The Hall–Kier alpha value is -2.24. The Kier molecular flexibility index (Phi) is 6.24. The number of anilines is 2. The van der Waals surface area contributed by atoms with Crippen LogP contribution in [0, 0.1) is 6.92 Å². The maximum Gasteiger partial charge on any atom is 0.253 e. The van der Waals surface area contributed by atoms with Crippen molar-refractivity contribution in [1.29, 1.82) is 0 Å². The summed E-state index contributed by atoms with van der Waals surface area (Å²) >= 11 is 12.0. The lowest BCUT2D eigenvalue weighted by molar-refractivity contribution is -0.114. The molecule has 1 saturated heterocycles. The van der Waals surface area contributed by atoms with Gasteiger partial charge in [-0.1, -0.05) is 23.2 Å². The van der Waals surface area contributed by atoms with E-state index in [1.807, 2.05) is 24.0 Å². The van der Waals surface area contributed by atoms with E-state index in [9.17, 15) is 9.59 Å². The number of carbonyl (C=O) groups excluding carboxylic acids is 2. The molecule has 2 N–H and O–H groups in total. The summed E-state index contributed by atoms with van der Waals surface area (Å²) in [4.78, 5) is 26.5. The van der Waals surface area contributed by atoms with Crippen LogP contribution in [0.15, 0.2) is 36.4 Å². The van der Waals surface area contributed by atoms with Crippen LogP contribution in [0.5, 0.6) is 0 Å². The van der Waals surface area contributed by atoms with Crippen molar-refractivity contribution in [1.82, 2.24) is 4.90 Å². The Labute approximate surface area is 168 Å². The van der Waals surface area contributed by atoms with Crippen molar-refractivity contribution in [3.8, 4) is 0 Å². The predicted molar refractivity (Wildman–Crippen MR) is 110 cm³/mol. The van der Waals surface area contributed by atoms with Crippen LogP contribution in [0.1, 0.15) is 28.8 Å². The average Bonchev–Trinajstić information content (AvgIpc) is 3.18. The van der Waals surface area contributed by atoms with Crippen molar-refractivity contribution in [2.45, 2.75) is 19.8 Å². The minimum Gasteiger partial charge on any atom is -0.376 e. The molecule has 0 aromatic heterocycles. The third-order valence-corrected chi connectivity index (χ3v) is 5.07. The van der Waals surface area contributed by atoms with E-state index < -0.39 is 0 Å². The fraction of sp³-hybridized carbons (Fsp3) is 0.300. The highest BCUT2D eigenvalue weighted by molar-refractivity contribution is 6.35. The van der Waals surface area contributed by atoms with Gasteiger partial charge in [-0.3, -0.25) is 9.59 Å². The maximum atomic E-state index is 12.5. The molecule has 1 heterocycles. The summed E-state index contributed by atoms with van der Waals surface area (Å²) in [5.41, 5.74) is 2.86. The minimum atomic E-state index is -0.240. The molecule has 5 nitrogen and oxygen atoms in total. The van der Waals surface area contributed by atoms with Gasteiger partial charge < -0.3 is 15.5 Å². The number of hydrogen-bond acceptors (Lipinski definition) is 3. The monoisotopic (exact) mass is 405 g/mol. The van der Waals surface area contributed by atoms with Gasteiger partial charge in [0.25, 0.3) is 5.91 Å². The standard InChI is InChI=1S/C20H21Cl2N3O2/c1-13-10-14(20(27)25-8-2-3-9-25)4-7-17(13)23-12-19(26)24-18-11-15(21)5-6-16(18)22/h4-7,10-11,23H,2-3,8-9,12H2,1H3,(H,24,26). The molecule has 2 amide bonds. The summed E-state index contributed by atoms with van der Waals surface area (Å²) in [5, 5.41) is 6.74. The van der Waals surface area contributed by atoms with Gasteiger partial charge in [-0.15, -0.1) is 0 Å². The summed E-state index contributed by atoms with van der Waals surface area (Å²) in [6.45, 7) is 3.63. The fourth-order valence-electron chi connectivity index (χ4n) is 3.06. The summed E-state index contributed by atoms with van der Waals surface area (Å²) in [6, 6.07) is 10.4. The van der Waals surface area contributed by atoms with Crippen LogP contribution in [0.4, 0.5) is 11.4 Å². The summed E-state index contributed by atoms with van der Waals surface area (Å²) in [5.74, 6) is -0.175. The molecule has 27 heavy (non-hydrogen) atoms. The van der Waals surface area contributed by atoms with Gasteiger partial charge >= 0.3 is 0 Å². The molecular formula is C20H21Cl2N3O2. The molecule has 7 heteroatoms. The van der Waals surface area contributed by atoms with Crippen LogP contribution in [0.3, 0.4) is 0 Å². The second-order valence-electron chi connectivity index (χ2n) is 6.55. The van der Waals surface area contributed by atoms with Crippen molar-refractivity contribution in [3.05, 3.63) is 57.6 Å². The first-order chi connectivity index (χ1) is 12.9. The van der Waals surface area contributed by atoms with Crippen LogP contribution in [-0.2, 0) is 4.79 Å². The Morgan fingerprint density at radius 1 is 1.04 bits per heavy atom. The third-order valence-electron chi connectivity index (χ3n) is 4.51. The van der Waals surface area contributed by atoms with E-state index in [2.05, 4.69) is 10.6 Å². The van der Waals surface area contributed by atoms with Gasteiger partial charge in [0.05, 0.1) is 17.3 Å². The van der Waals surface area contributed by atoms with Gasteiger partial charge in [0.1, 0.15) is 0 Å². The molecule has 2 aromatic rings. The van der Waals surface area contributed by atoms with Gasteiger partial charge in [-0.05, 0) is 61.7 Å². The molecule has 142 valence electrons. The highest BCUT2D eigenvalue weighted by atomic mass is 35.5. The molecule has 3 rings (SSSR count). The molecule has 0 spiro atoms. The van der Waals surface area contributed by atoms with Crippen molar-refractivity contribution >= 4 is 46.4 Å². The number of likely N-dealkylation sites (tertiary alicyclic amines) is 1. The average molecular weight is 406 g/mol. The van der Waals surface area contributed by atoms with E-state index in [1.165, 1.54) is 0 Å². The molecule has 1 aliphatic heterocycles. The van der Waals surface area contributed by atoms with Crippen LogP contribution in [-0.4, -0.2) is 36.3 Å². The molecule has 0 aliphatic carbocycles. The Morgan fingerprint density at radius 2 is 1.78 bits per heavy atom. The Morgan fingerprint density at radius 3 is 2.48 bits per heavy atom. The normalized spacial score (nSPS) is 13.5. The molecule has 0 atom stereocenters.